The monoisotopic (exact) mass is 402 g/mol. The maximum atomic E-state index is 13.1. The highest BCUT2D eigenvalue weighted by atomic mass is 16.1. The molecule has 1 amide bonds. The first-order valence-electron chi connectivity index (χ1n) is 11.1. The van der Waals surface area contributed by atoms with Crippen molar-refractivity contribution in [2.45, 2.75) is 32.2 Å². The molecule has 2 aliphatic rings. The molecule has 5 rings (SSSR count). The van der Waals surface area contributed by atoms with Crippen LogP contribution in [0.15, 0.2) is 42.5 Å². The average molecular weight is 403 g/mol. The first-order chi connectivity index (χ1) is 14.7. The summed E-state index contributed by atoms with van der Waals surface area (Å²) in [4.78, 5) is 21.5. The van der Waals surface area contributed by atoms with Gasteiger partial charge in [-0.05, 0) is 62.1 Å². The number of nitrogens with one attached hydrogen (secondary N) is 2. The van der Waals surface area contributed by atoms with E-state index in [-0.39, 0.29) is 5.91 Å². The summed E-state index contributed by atoms with van der Waals surface area (Å²) in [5.41, 5.74) is 6.53. The summed E-state index contributed by atoms with van der Waals surface area (Å²) in [6, 6.07) is 14.3. The van der Waals surface area contributed by atoms with Crippen molar-refractivity contribution >= 4 is 22.5 Å². The van der Waals surface area contributed by atoms with Gasteiger partial charge in [0, 0.05) is 49.5 Å². The lowest BCUT2D eigenvalue weighted by atomic mass is 9.95. The van der Waals surface area contributed by atoms with E-state index < -0.39 is 0 Å². The Balaban J connectivity index is 1.34. The van der Waals surface area contributed by atoms with Crippen LogP contribution in [0.1, 0.15) is 40.0 Å². The van der Waals surface area contributed by atoms with Crippen molar-refractivity contribution in [1.29, 1.82) is 0 Å². The molecular weight excluding hydrogens is 372 g/mol. The van der Waals surface area contributed by atoms with Crippen LogP contribution in [0.2, 0.25) is 0 Å². The van der Waals surface area contributed by atoms with E-state index in [0.29, 0.717) is 0 Å². The number of para-hydroxylation sites is 1. The zero-order valence-electron chi connectivity index (χ0n) is 17.7. The number of anilines is 1. The normalized spacial score (nSPS) is 17.8. The lowest BCUT2D eigenvalue weighted by Gasteiger charge is -2.32. The number of piperazine rings is 1. The van der Waals surface area contributed by atoms with Crippen LogP contribution in [0.3, 0.4) is 0 Å². The predicted octanol–water partition coefficient (Wildman–Crippen LogP) is 4.05. The number of hydrogen-bond acceptors (Lipinski definition) is 3. The first kappa shape index (κ1) is 19.3. The minimum Gasteiger partial charge on any atom is -0.358 e. The van der Waals surface area contributed by atoms with Gasteiger partial charge in [0.1, 0.15) is 0 Å². The second-order valence-corrected chi connectivity index (χ2v) is 8.75. The van der Waals surface area contributed by atoms with Crippen LogP contribution in [0.5, 0.6) is 0 Å². The number of carbonyl (C=O) groups is 1. The molecule has 5 nitrogen and oxygen atoms in total. The fourth-order valence-corrected chi connectivity index (χ4v) is 4.83. The summed E-state index contributed by atoms with van der Waals surface area (Å²) in [7, 11) is 2.18. The molecule has 0 unspecified atom stereocenters. The number of aromatic nitrogens is 1. The third kappa shape index (κ3) is 3.87. The Morgan fingerprint density at radius 3 is 2.70 bits per heavy atom. The van der Waals surface area contributed by atoms with Crippen LogP contribution in [0, 0.1) is 0 Å². The molecule has 0 bridgehead atoms. The number of fused-ring (bicyclic) bond motifs is 3. The number of aryl methyl sites for hydroxylation is 2. The SMILES string of the molecule is CN1CCN(Cc2cccc(NC(=O)c3cccc4c5c([nH]c34)CCCC5)c2)CC1. The Hall–Kier alpha value is -2.63. The second-order valence-electron chi connectivity index (χ2n) is 8.75. The Morgan fingerprint density at radius 1 is 1.03 bits per heavy atom. The highest BCUT2D eigenvalue weighted by molar-refractivity contribution is 6.12. The van der Waals surface area contributed by atoms with Crippen LogP contribution in [0.25, 0.3) is 10.9 Å². The van der Waals surface area contributed by atoms with Crippen molar-refractivity contribution in [2.75, 3.05) is 38.5 Å². The maximum Gasteiger partial charge on any atom is 0.257 e. The minimum absolute atomic E-state index is 0.0454. The molecular formula is C25H30N4O. The average Bonchev–Trinajstić information content (AvgIpc) is 3.14. The van der Waals surface area contributed by atoms with E-state index in [9.17, 15) is 4.79 Å². The molecule has 5 heteroatoms. The van der Waals surface area contributed by atoms with Crippen molar-refractivity contribution in [3.05, 3.63) is 64.8 Å². The van der Waals surface area contributed by atoms with Gasteiger partial charge in [-0.3, -0.25) is 9.69 Å². The Bertz CT molecular complexity index is 1060. The van der Waals surface area contributed by atoms with Crippen molar-refractivity contribution < 1.29 is 4.79 Å². The molecule has 0 spiro atoms. The largest absolute Gasteiger partial charge is 0.358 e. The van der Waals surface area contributed by atoms with Gasteiger partial charge in [0.15, 0.2) is 0 Å². The van der Waals surface area contributed by atoms with Crippen molar-refractivity contribution in [1.82, 2.24) is 14.8 Å². The predicted molar refractivity (Wildman–Crippen MR) is 122 cm³/mol. The van der Waals surface area contributed by atoms with E-state index in [2.05, 4.69) is 45.3 Å². The lowest BCUT2D eigenvalue weighted by Crippen LogP contribution is -2.43. The number of hydrogen-bond donors (Lipinski definition) is 2. The van der Waals surface area contributed by atoms with Crippen molar-refractivity contribution in [3.63, 3.8) is 0 Å². The highest BCUT2D eigenvalue weighted by Crippen LogP contribution is 2.31. The number of amides is 1. The summed E-state index contributed by atoms with van der Waals surface area (Å²) in [5, 5.41) is 4.34. The summed E-state index contributed by atoms with van der Waals surface area (Å²) in [6.07, 6.45) is 4.64. The third-order valence-electron chi connectivity index (χ3n) is 6.56. The quantitative estimate of drug-likeness (QED) is 0.692. The van der Waals surface area contributed by atoms with Crippen molar-refractivity contribution in [2.24, 2.45) is 0 Å². The number of benzene rings is 2. The molecule has 1 aromatic heterocycles. The molecule has 1 saturated heterocycles. The molecule has 0 saturated carbocycles. The molecule has 0 radical (unpaired) electrons. The van der Waals surface area contributed by atoms with E-state index in [1.54, 1.807) is 0 Å². The van der Waals surface area contributed by atoms with E-state index in [0.717, 1.165) is 62.3 Å². The van der Waals surface area contributed by atoms with Crippen LogP contribution in [0.4, 0.5) is 5.69 Å². The van der Waals surface area contributed by atoms with E-state index in [1.165, 1.54) is 35.0 Å². The minimum atomic E-state index is -0.0454. The molecule has 2 heterocycles. The number of aromatic amines is 1. The van der Waals surface area contributed by atoms with Gasteiger partial charge in [-0.2, -0.15) is 0 Å². The maximum absolute atomic E-state index is 13.1. The second kappa shape index (κ2) is 8.25. The lowest BCUT2D eigenvalue weighted by molar-refractivity contribution is 0.102. The summed E-state index contributed by atoms with van der Waals surface area (Å²) in [5.74, 6) is -0.0454. The van der Waals surface area contributed by atoms with Gasteiger partial charge in [0.2, 0.25) is 0 Å². The number of nitrogens with zero attached hydrogens (tertiary/aromatic N) is 2. The van der Waals surface area contributed by atoms with E-state index >= 15 is 0 Å². The molecule has 1 fully saturated rings. The Morgan fingerprint density at radius 2 is 1.83 bits per heavy atom. The van der Waals surface area contributed by atoms with Gasteiger partial charge in [-0.15, -0.1) is 0 Å². The third-order valence-corrected chi connectivity index (χ3v) is 6.56. The summed E-state index contributed by atoms with van der Waals surface area (Å²) < 4.78 is 0. The molecule has 3 aromatic rings. The van der Waals surface area contributed by atoms with Crippen LogP contribution in [-0.4, -0.2) is 53.9 Å². The van der Waals surface area contributed by atoms with Crippen molar-refractivity contribution in [3.8, 4) is 0 Å². The molecule has 30 heavy (non-hydrogen) atoms. The van der Waals surface area contributed by atoms with Gasteiger partial charge >= 0.3 is 0 Å². The molecule has 2 N–H and O–H groups in total. The Labute approximate surface area is 178 Å². The molecule has 1 aliphatic carbocycles. The van der Waals surface area contributed by atoms with E-state index in [1.807, 2.05) is 24.3 Å². The van der Waals surface area contributed by atoms with Gasteiger partial charge in [0.25, 0.3) is 5.91 Å². The first-order valence-corrected chi connectivity index (χ1v) is 11.1. The Kier molecular flexibility index (Phi) is 5.32. The molecule has 1 aliphatic heterocycles. The van der Waals surface area contributed by atoms with Crippen LogP contribution >= 0.6 is 0 Å². The fourth-order valence-electron chi connectivity index (χ4n) is 4.83. The highest BCUT2D eigenvalue weighted by Gasteiger charge is 2.19. The molecule has 2 aromatic carbocycles. The van der Waals surface area contributed by atoms with Gasteiger partial charge in [0.05, 0.1) is 11.1 Å². The smallest absolute Gasteiger partial charge is 0.257 e. The number of rotatable bonds is 4. The number of H-pyrrole nitrogens is 1. The standard InChI is InChI=1S/C25H30N4O/c1-28-12-14-29(15-13-28)17-18-6-4-7-19(16-18)26-25(30)22-10-5-9-21-20-8-2-3-11-23(20)27-24(21)22/h4-7,9-10,16,27H,2-3,8,11-15,17H2,1H3,(H,26,30). The summed E-state index contributed by atoms with van der Waals surface area (Å²) >= 11 is 0. The fraction of sp³-hybridized carbons (Fsp3) is 0.400. The molecule has 156 valence electrons. The molecule has 0 atom stereocenters. The van der Waals surface area contributed by atoms with E-state index in [4.69, 9.17) is 0 Å². The topological polar surface area (TPSA) is 51.4 Å². The van der Waals surface area contributed by atoms with Crippen LogP contribution in [-0.2, 0) is 19.4 Å². The number of carbonyl (C=O) groups excluding carboxylic acids is 1. The van der Waals surface area contributed by atoms with Gasteiger partial charge in [-0.25, -0.2) is 0 Å². The van der Waals surface area contributed by atoms with Gasteiger partial charge in [-0.1, -0.05) is 24.3 Å². The van der Waals surface area contributed by atoms with Gasteiger partial charge < -0.3 is 15.2 Å². The van der Waals surface area contributed by atoms with Crippen LogP contribution < -0.4 is 5.32 Å². The zero-order chi connectivity index (χ0) is 20.5. The summed E-state index contributed by atoms with van der Waals surface area (Å²) in [6.45, 7) is 5.33. The zero-order valence-corrected chi connectivity index (χ0v) is 17.7. The number of likely N-dealkylation sites (N-methyl/N-ethyl adjacent to an activating group) is 1.